The lowest BCUT2D eigenvalue weighted by molar-refractivity contribution is -0.132. The molecule has 1 aliphatic heterocycles. The Morgan fingerprint density at radius 2 is 1.88 bits per heavy atom. The minimum Gasteiger partial charge on any atom is -0.496 e. The van der Waals surface area contributed by atoms with Gasteiger partial charge in [0, 0.05) is 43.9 Å². The van der Waals surface area contributed by atoms with Gasteiger partial charge in [-0.1, -0.05) is 41.6 Å². The predicted octanol–water partition coefficient (Wildman–Crippen LogP) is 3.89. The van der Waals surface area contributed by atoms with E-state index < -0.39 is 0 Å². The summed E-state index contributed by atoms with van der Waals surface area (Å²) in [6.45, 7) is 3.88. The number of benzene rings is 2. The summed E-state index contributed by atoms with van der Waals surface area (Å²) in [5.74, 6) is 2.33. The molecule has 0 radical (unpaired) electrons. The van der Waals surface area contributed by atoms with Crippen LogP contribution >= 0.6 is 0 Å². The molecular formula is C26H26N4O4. The molecule has 3 heterocycles. The molecule has 5 rings (SSSR count). The first kappa shape index (κ1) is 21.9. The van der Waals surface area contributed by atoms with E-state index >= 15 is 0 Å². The first-order chi connectivity index (χ1) is 16.7. The van der Waals surface area contributed by atoms with Crippen LogP contribution in [0, 0.1) is 0 Å². The molecule has 1 aliphatic rings. The Kier molecular flexibility index (Phi) is 6.40. The summed E-state index contributed by atoms with van der Waals surface area (Å²) in [7, 11) is 1.63. The molecule has 0 atom stereocenters. The molecule has 2 aromatic heterocycles. The Morgan fingerprint density at radius 1 is 1.03 bits per heavy atom. The van der Waals surface area contributed by atoms with Gasteiger partial charge in [0.25, 0.3) is 5.89 Å². The van der Waals surface area contributed by atoms with Gasteiger partial charge in [-0.25, -0.2) is 0 Å². The second-order valence-corrected chi connectivity index (χ2v) is 8.25. The lowest BCUT2D eigenvalue weighted by atomic mass is 10.1. The van der Waals surface area contributed by atoms with Crippen molar-refractivity contribution in [1.29, 1.82) is 0 Å². The Labute approximate surface area is 197 Å². The molecule has 0 saturated carbocycles. The second kappa shape index (κ2) is 9.93. The van der Waals surface area contributed by atoms with Gasteiger partial charge >= 0.3 is 0 Å². The van der Waals surface area contributed by atoms with Crippen molar-refractivity contribution in [2.75, 3.05) is 33.3 Å². The maximum absolute atomic E-state index is 12.8. The number of carbonyl (C=O) groups is 1. The first-order valence-corrected chi connectivity index (χ1v) is 11.3. The Bertz CT molecular complexity index is 1240. The molecule has 8 nitrogen and oxygen atoms in total. The number of hydrogen-bond donors (Lipinski definition) is 0. The van der Waals surface area contributed by atoms with Gasteiger partial charge in [-0.3, -0.25) is 9.69 Å². The van der Waals surface area contributed by atoms with E-state index in [2.05, 4.69) is 27.2 Å². The fraction of sp³-hybridized carbons (Fsp3) is 0.269. The molecule has 0 spiro atoms. The summed E-state index contributed by atoms with van der Waals surface area (Å²) in [5, 5.41) is 4.09. The highest BCUT2D eigenvalue weighted by Gasteiger charge is 2.22. The molecule has 174 valence electrons. The Balaban J connectivity index is 1.17. The van der Waals surface area contributed by atoms with Crippen molar-refractivity contribution in [3.8, 4) is 28.8 Å². The van der Waals surface area contributed by atoms with Crippen LogP contribution < -0.4 is 4.74 Å². The normalized spacial score (nSPS) is 14.3. The minimum atomic E-state index is 0.135. The average Bonchev–Trinajstić information content (AvgIpc) is 3.57. The molecular weight excluding hydrogens is 432 g/mol. The molecule has 34 heavy (non-hydrogen) atoms. The molecule has 0 N–H and O–H groups in total. The fourth-order valence-corrected chi connectivity index (χ4v) is 4.19. The lowest BCUT2D eigenvalue weighted by Gasteiger charge is -2.35. The van der Waals surface area contributed by atoms with Gasteiger partial charge in [0.2, 0.25) is 11.7 Å². The van der Waals surface area contributed by atoms with Crippen molar-refractivity contribution in [3.63, 3.8) is 0 Å². The van der Waals surface area contributed by atoms with Crippen LogP contribution in [-0.4, -0.2) is 59.1 Å². The zero-order valence-electron chi connectivity index (χ0n) is 19.0. The third-order valence-electron chi connectivity index (χ3n) is 6.01. The minimum absolute atomic E-state index is 0.135. The molecule has 1 saturated heterocycles. The van der Waals surface area contributed by atoms with E-state index in [9.17, 15) is 4.79 Å². The summed E-state index contributed by atoms with van der Waals surface area (Å²) < 4.78 is 16.0. The standard InChI is InChI=1S/C26H26N4O4/c1-32-22-9-3-2-7-20(22)17-24(31)30-13-11-29(12-14-30)18-19-6-4-8-21(16-19)25-27-26(34-28-25)23-10-5-15-33-23/h2-10,15-16H,11-14,17-18H2,1H3. The summed E-state index contributed by atoms with van der Waals surface area (Å²) in [4.78, 5) is 21.6. The zero-order valence-corrected chi connectivity index (χ0v) is 19.0. The summed E-state index contributed by atoms with van der Waals surface area (Å²) in [6, 6.07) is 19.4. The largest absolute Gasteiger partial charge is 0.496 e. The number of piperazine rings is 1. The summed E-state index contributed by atoms with van der Waals surface area (Å²) in [6.07, 6.45) is 1.93. The number of rotatable bonds is 7. The van der Waals surface area contributed by atoms with Crippen LogP contribution in [0.15, 0.2) is 75.9 Å². The highest BCUT2D eigenvalue weighted by atomic mass is 16.5. The Hall–Kier alpha value is -3.91. The number of hydrogen-bond acceptors (Lipinski definition) is 7. The summed E-state index contributed by atoms with van der Waals surface area (Å²) in [5.41, 5.74) is 2.98. The second-order valence-electron chi connectivity index (χ2n) is 8.25. The number of aromatic nitrogens is 2. The van der Waals surface area contributed by atoms with E-state index in [1.807, 2.05) is 41.3 Å². The van der Waals surface area contributed by atoms with E-state index in [1.54, 1.807) is 25.5 Å². The van der Waals surface area contributed by atoms with Crippen molar-refractivity contribution in [2.24, 2.45) is 0 Å². The molecule has 0 bridgehead atoms. The van der Waals surface area contributed by atoms with Crippen LogP contribution in [0.25, 0.3) is 23.0 Å². The van der Waals surface area contributed by atoms with Crippen molar-refractivity contribution in [2.45, 2.75) is 13.0 Å². The van der Waals surface area contributed by atoms with Gasteiger partial charge in [-0.05, 0) is 29.8 Å². The number of amides is 1. The monoisotopic (exact) mass is 458 g/mol. The van der Waals surface area contributed by atoms with Gasteiger partial charge in [-0.15, -0.1) is 0 Å². The van der Waals surface area contributed by atoms with Crippen LogP contribution in [0.1, 0.15) is 11.1 Å². The number of nitrogens with zero attached hydrogens (tertiary/aromatic N) is 4. The van der Waals surface area contributed by atoms with E-state index in [-0.39, 0.29) is 5.91 Å². The van der Waals surface area contributed by atoms with Crippen molar-refractivity contribution in [1.82, 2.24) is 19.9 Å². The molecule has 8 heteroatoms. The smallest absolute Gasteiger partial charge is 0.293 e. The van der Waals surface area contributed by atoms with E-state index in [0.29, 0.717) is 37.0 Å². The number of methoxy groups -OCH3 is 1. The third-order valence-corrected chi connectivity index (χ3v) is 6.01. The van der Waals surface area contributed by atoms with Crippen LogP contribution in [-0.2, 0) is 17.8 Å². The van der Waals surface area contributed by atoms with E-state index in [1.165, 1.54) is 0 Å². The zero-order chi connectivity index (χ0) is 23.3. The number of carbonyl (C=O) groups excluding carboxylic acids is 1. The molecule has 0 aliphatic carbocycles. The quantitative estimate of drug-likeness (QED) is 0.415. The van der Waals surface area contributed by atoms with Crippen LogP contribution in [0.2, 0.25) is 0 Å². The average molecular weight is 459 g/mol. The topological polar surface area (TPSA) is 84.8 Å². The van der Waals surface area contributed by atoms with E-state index in [0.717, 1.165) is 42.1 Å². The van der Waals surface area contributed by atoms with Crippen LogP contribution in [0.4, 0.5) is 0 Å². The lowest BCUT2D eigenvalue weighted by Crippen LogP contribution is -2.48. The van der Waals surface area contributed by atoms with Gasteiger partial charge in [0.1, 0.15) is 5.75 Å². The van der Waals surface area contributed by atoms with Gasteiger partial charge in [0.15, 0.2) is 5.76 Å². The highest BCUT2D eigenvalue weighted by Crippen LogP contribution is 2.24. The number of furan rings is 1. The maximum atomic E-state index is 12.8. The van der Waals surface area contributed by atoms with Crippen LogP contribution in [0.3, 0.4) is 0 Å². The van der Waals surface area contributed by atoms with Crippen molar-refractivity contribution < 1.29 is 18.5 Å². The molecule has 1 amide bonds. The van der Waals surface area contributed by atoms with Crippen molar-refractivity contribution >= 4 is 5.91 Å². The van der Waals surface area contributed by atoms with Gasteiger partial charge < -0.3 is 18.6 Å². The molecule has 4 aromatic rings. The third kappa shape index (κ3) is 4.87. The van der Waals surface area contributed by atoms with Gasteiger partial charge in [0.05, 0.1) is 19.8 Å². The predicted molar refractivity (Wildman–Crippen MR) is 126 cm³/mol. The SMILES string of the molecule is COc1ccccc1CC(=O)N1CCN(Cc2cccc(-c3noc(-c4ccco4)n3)c2)CC1. The van der Waals surface area contributed by atoms with Crippen LogP contribution in [0.5, 0.6) is 5.75 Å². The summed E-state index contributed by atoms with van der Waals surface area (Å²) >= 11 is 0. The molecule has 0 unspecified atom stereocenters. The Morgan fingerprint density at radius 3 is 2.68 bits per heavy atom. The maximum Gasteiger partial charge on any atom is 0.293 e. The first-order valence-electron chi connectivity index (χ1n) is 11.3. The fourth-order valence-electron chi connectivity index (χ4n) is 4.19. The van der Waals surface area contributed by atoms with Gasteiger partial charge in [-0.2, -0.15) is 4.98 Å². The molecule has 2 aromatic carbocycles. The highest BCUT2D eigenvalue weighted by molar-refractivity contribution is 5.79. The number of ether oxygens (including phenoxy) is 1. The van der Waals surface area contributed by atoms with E-state index in [4.69, 9.17) is 13.7 Å². The number of para-hydroxylation sites is 1. The van der Waals surface area contributed by atoms with Crippen molar-refractivity contribution in [3.05, 3.63) is 78.1 Å². The molecule has 1 fully saturated rings.